The number of hydrogen-bond donors (Lipinski definition) is 1. The fourth-order valence-corrected chi connectivity index (χ4v) is 2.78. The predicted octanol–water partition coefficient (Wildman–Crippen LogP) is 2.53. The van der Waals surface area contributed by atoms with Crippen LogP contribution in [0.5, 0.6) is 0 Å². The molecule has 1 aromatic heterocycles. The maximum absolute atomic E-state index is 6.34. The molecule has 1 aliphatic rings. The van der Waals surface area contributed by atoms with E-state index >= 15 is 0 Å². The molecule has 106 valence electrons. The lowest BCUT2D eigenvalue weighted by molar-refractivity contribution is 0.126. The van der Waals surface area contributed by atoms with Crippen molar-refractivity contribution in [1.82, 2.24) is 10.1 Å². The fourth-order valence-electron chi connectivity index (χ4n) is 2.78. The molecule has 1 unspecified atom stereocenters. The third-order valence-corrected chi connectivity index (χ3v) is 3.94. The molecule has 0 radical (unpaired) electrons. The molecule has 5 heteroatoms. The molecule has 2 N–H and O–H groups in total. The van der Waals surface area contributed by atoms with Crippen LogP contribution in [0.2, 0.25) is 0 Å². The molecule has 5 nitrogen and oxygen atoms in total. The van der Waals surface area contributed by atoms with E-state index < -0.39 is 5.54 Å². The summed E-state index contributed by atoms with van der Waals surface area (Å²) in [6.45, 7) is 0. The van der Waals surface area contributed by atoms with Gasteiger partial charge in [0.25, 0.3) is 0 Å². The van der Waals surface area contributed by atoms with Crippen LogP contribution in [0.15, 0.2) is 34.9 Å². The summed E-state index contributed by atoms with van der Waals surface area (Å²) in [5.74, 6) is 1.06. The SMILES string of the molecule is COC(c1ccccc1)c1noc(C2(N)CCCC2)n1. The lowest BCUT2D eigenvalue weighted by Crippen LogP contribution is -2.33. The molecule has 1 aliphatic carbocycles. The fraction of sp³-hybridized carbons (Fsp3) is 0.467. The van der Waals surface area contributed by atoms with E-state index in [1.807, 2.05) is 30.3 Å². The third-order valence-electron chi connectivity index (χ3n) is 3.94. The summed E-state index contributed by atoms with van der Waals surface area (Å²) < 4.78 is 10.9. The van der Waals surface area contributed by atoms with Crippen LogP contribution in [-0.2, 0) is 10.3 Å². The van der Waals surface area contributed by atoms with Crippen molar-refractivity contribution in [1.29, 1.82) is 0 Å². The Balaban J connectivity index is 1.89. The van der Waals surface area contributed by atoms with Gasteiger partial charge in [-0.25, -0.2) is 0 Å². The van der Waals surface area contributed by atoms with Crippen LogP contribution in [0.3, 0.4) is 0 Å². The maximum atomic E-state index is 6.34. The Morgan fingerprint density at radius 3 is 2.60 bits per heavy atom. The first kappa shape index (κ1) is 13.3. The molecule has 1 saturated carbocycles. The first-order valence-electron chi connectivity index (χ1n) is 6.94. The van der Waals surface area contributed by atoms with Gasteiger partial charge in [0.2, 0.25) is 11.7 Å². The zero-order chi connectivity index (χ0) is 14.0. The lowest BCUT2D eigenvalue weighted by Gasteiger charge is -2.17. The number of aromatic nitrogens is 2. The highest BCUT2D eigenvalue weighted by Crippen LogP contribution is 2.36. The van der Waals surface area contributed by atoms with Gasteiger partial charge < -0.3 is 15.0 Å². The van der Waals surface area contributed by atoms with Gasteiger partial charge in [0.05, 0.1) is 5.54 Å². The molecule has 1 heterocycles. The van der Waals surface area contributed by atoms with Crippen LogP contribution in [0, 0.1) is 0 Å². The van der Waals surface area contributed by atoms with Gasteiger partial charge in [-0.2, -0.15) is 4.98 Å². The van der Waals surface area contributed by atoms with Gasteiger partial charge in [0.15, 0.2) is 0 Å². The lowest BCUT2D eigenvalue weighted by atomic mass is 9.99. The summed E-state index contributed by atoms with van der Waals surface area (Å²) in [7, 11) is 1.64. The zero-order valence-electron chi connectivity index (χ0n) is 11.6. The number of rotatable bonds is 4. The quantitative estimate of drug-likeness (QED) is 0.926. The van der Waals surface area contributed by atoms with Gasteiger partial charge in [-0.3, -0.25) is 0 Å². The molecular weight excluding hydrogens is 254 g/mol. The number of nitrogens with zero attached hydrogens (tertiary/aromatic N) is 2. The molecule has 0 aliphatic heterocycles. The Morgan fingerprint density at radius 2 is 1.95 bits per heavy atom. The number of ether oxygens (including phenoxy) is 1. The molecule has 1 aromatic carbocycles. The second-order valence-corrected chi connectivity index (χ2v) is 5.35. The molecular formula is C15H19N3O2. The van der Waals surface area contributed by atoms with Gasteiger partial charge in [-0.1, -0.05) is 48.3 Å². The number of hydrogen-bond acceptors (Lipinski definition) is 5. The summed E-state index contributed by atoms with van der Waals surface area (Å²) in [6.07, 6.45) is 3.70. The Bertz CT molecular complexity index is 562. The van der Waals surface area contributed by atoms with Crippen LogP contribution < -0.4 is 5.73 Å². The van der Waals surface area contributed by atoms with Crippen molar-refractivity contribution in [2.45, 2.75) is 37.3 Å². The zero-order valence-corrected chi connectivity index (χ0v) is 11.6. The monoisotopic (exact) mass is 273 g/mol. The molecule has 0 spiro atoms. The van der Waals surface area contributed by atoms with Crippen LogP contribution in [-0.4, -0.2) is 17.3 Å². The average molecular weight is 273 g/mol. The van der Waals surface area contributed by atoms with Gasteiger partial charge in [-0.05, 0) is 18.4 Å². The molecule has 3 rings (SSSR count). The standard InChI is InChI=1S/C15H19N3O2/c1-19-12(11-7-3-2-4-8-11)13-17-14(20-18-13)15(16)9-5-6-10-15/h2-4,7-8,12H,5-6,9-10,16H2,1H3. The van der Waals surface area contributed by atoms with Crippen LogP contribution >= 0.6 is 0 Å². The van der Waals surface area contributed by atoms with Gasteiger partial charge >= 0.3 is 0 Å². The summed E-state index contributed by atoms with van der Waals surface area (Å²) >= 11 is 0. The van der Waals surface area contributed by atoms with Crippen molar-refractivity contribution in [3.8, 4) is 0 Å². The highest BCUT2D eigenvalue weighted by atomic mass is 16.5. The van der Waals surface area contributed by atoms with Crippen molar-refractivity contribution < 1.29 is 9.26 Å². The largest absolute Gasteiger partial charge is 0.369 e. The molecule has 0 bridgehead atoms. The molecule has 20 heavy (non-hydrogen) atoms. The van der Waals surface area contributed by atoms with Crippen molar-refractivity contribution >= 4 is 0 Å². The number of methoxy groups -OCH3 is 1. The topological polar surface area (TPSA) is 74.2 Å². The summed E-state index contributed by atoms with van der Waals surface area (Å²) in [4.78, 5) is 4.48. The van der Waals surface area contributed by atoms with Gasteiger partial charge in [-0.15, -0.1) is 0 Å². The maximum Gasteiger partial charge on any atom is 0.246 e. The van der Waals surface area contributed by atoms with Crippen molar-refractivity contribution in [3.05, 3.63) is 47.6 Å². The summed E-state index contributed by atoms with van der Waals surface area (Å²) in [5.41, 5.74) is 6.88. The molecule has 1 atom stereocenters. The Kier molecular flexibility index (Phi) is 3.54. The van der Waals surface area contributed by atoms with E-state index in [1.165, 1.54) is 0 Å². The smallest absolute Gasteiger partial charge is 0.246 e. The first-order chi connectivity index (χ1) is 9.73. The predicted molar refractivity (Wildman–Crippen MR) is 73.9 cm³/mol. The molecule has 1 fully saturated rings. The summed E-state index contributed by atoms with van der Waals surface area (Å²) in [6, 6.07) is 9.86. The minimum atomic E-state index is -0.458. The molecule has 0 amide bonds. The van der Waals surface area contributed by atoms with E-state index in [-0.39, 0.29) is 6.10 Å². The Morgan fingerprint density at radius 1 is 1.25 bits per heavy atom. The van der Waals surface area contributed by atoms with Crippen LogP contribution in [0.1, 0.15) is 49.1 Å². The second kappa shape index (κ2) is 5.34. The normalized spacial score (nSPS) is 19.1. The minimum absolute atomic E-state index is 0.321. The number of nitrogens with two attached hydrogens (primary N) is 1. The first-order valence-corrected chi connectivity index (χ1v) is 6.94. The summed E-state index contributed by atoms with van der Waals surface area (Å²) in [5, 5.41) is 4.06. The van der Waals surface area contributed by atoms with E-state index in [2.05, 4.69) is 10.1 Å². The van der Waals surface area contributed by atoms with E-state index in [4.69, 9.17) is 15.0 Å². The average Bonchev–Trinajstić information content (AvgIpc) is 3.11. The Hall–Kier alpha value is -1.72. The molecule has 2 aromatic rings. The minimum Gasteiger partial charge on any atom is -0.369 e. The van der Waals surface area contributed by atoms with Crippen molar-refractivity contribution in [2.75, 3.05) is 7.11 Å². The Labute approximate surface area is 118 Å². The number of benzene rings is 1. The van der Waals surface area contributed by atoms with Crippen molar-refractivity contribution in [2.24, 2.45) is 5.73 Å². The van der Waals surface area contributed by atoms with Crippen LogP contribution in [0.25, 0.3) is 0 Å². The van der Waals surface area contributed by atoms with Gasteiger partial charge in [0.1, 0.15) is 6.10 Å². The van der Waals surface area contributed by atoms with Crippen LogP contribution in [0.4, 0.5) is 0 Å². The highest BCUT2D eigenvalue weighted by Gasteiger charge is 2.37. The van der Waals surface area contributed by atoms with E-state index in [0.717, 1.165) is 31.2 Å². The van der Waals surface area contributed by atoms with E-state index in [9.17, 15) is 0 Å². The van der Waals surface area contributed by atoms with Gasteiger partial charge in [0, 0.05) is 7.11 Å². The van der Waals surface area contributed by atoms with E-state index in [1.54, 1.807) is 7.11 Å². The second-order valence-electron chi connectivity index (χ2n) is 5.35. The molecule has 0 saturated heterocycles. The van der Waals surface area contributed by atoms with Crippen molar-refractivity contribution in [3.63, 3.8) is 0 Å². The highest BCUT2D eigenvalue weighted by molar-refractivity contribution is 5.23. The van der Waals surface area contributed by atoms with E-state index in [0.29, 0.717) is 11.7 Å². The third kappa shape index (κ3) is 2.34.